The van der Waals surface area contributed by atoms with E-state index in [1.807, 2.05) is 18.2 Å². The van der Waals surface area contributed by atoms with Gasteiger partial charge in [0.2, 0.25) is 0 Å². The Balaban J connectivity index is 1.35. The van der Waals surface area contributed by atoms with Crippen LogP contribution in [0.1, 0.15) is 23.7 Å². The molecular weight excluding hydrogens is 340 g/mol. The average molecular weight is 368 g/mol. The normalized spacial score (nSPS) is 18.8. The fraction of sp³-hybridized carbons (Fsp3) is 0.455. The Labute approximate surface area is 161 Å². The first kappa shape index (κ1) is 18.1. The topological polar surface area (TPSA) is 45.2 Å². The van der Waals surface area contributed by atoms with Crippen LogP contribution in [0.5, 0.6) is 11.5 Å². The Bertz CT molecular complexity index is 772. The number of fused-ring (bicyclic) bond motifs is 1. The van der Waals surface area contributed by atoms with Gasteiger partial charge in [-0.25, -0.2) is 0 Å². The molecule has 2 aromatic rings. The zero-order chi connectivity index (χ0) is 18.6. The molecular formula is C22H28N2O3. The van der Waals surface area contributed by atoms with Crippen LogP contribution in [-0.2, 0) is 0 Å². The van der Waals surface area contributed by atoms with Crippen LogP contribution in [0.15, 0.2) is 42.5 Å². The van der Waals surface area contributed by atoms with Crippen LogP contribution in [-0.4, -0.2) is 55.9 Å². The van der Waals surface area contributed by atoms with Gasteiger partial charge in [0.25, 0.3) is 0 Å². The van der Waals surface area contributed by atoms with E-state index in [4.69, 9.17) is 9.47 Å². The maximum Gasteiger partial charge on any atom is 0.161 e. The molecule has 2 aliphatic rings. The van der Waals surface area contributed by atoms with Crippen molar-refractivity contribution in [1.82, 2.24) is 4.90 Å². The molecule has 144 valence electrons. The number of aliphatic hydroxyl groups excluding tert-OH is 1. The second kappa shape index (κ2) is 8.19. The lowest BCUT2D eigenvalue weighted by Crippen LogP contribution is -2.47. The van der Waals surface area contributed by atoms with Crippen molar-refractivity contribution in [2.45, 2.75) is 19.4 Å². The molecule has 0 aromatic heterocycles. The summed E-state index contributed by atoms with van der Waals surface area (Å²) >= 11 is 0. The Hall–Kier alpha value is -2.24. The number of benzene rings is 2. The summed E-state index contributed by atoms with van der Waals surface area (Å²) in [5.74, 6) is 1.52. The van der Waals surface area contributed by atoms with E-state index in [9.17, 15) is 5.11 Å². The van der Waals surface area contributed by atoms with Gasteiger partial charge in [-0.15, -0.1) is 0 Å². The lowest BCUT2D eigenvalue weighted by molar-refractivity contribution is 0.109. The maximum absolute atomic E-state index is 10.7. The van der Waals surface area contributed by atoms with Crippen molar-refractivity contribution in [2.24, 2.45) is 0 Å². The van der Waals surface area contributed by atoms with Crippen molar-refractivity contribution in [3.8, 4) is 11.5 Å². The van der Waals surface area contributed by atoms with Crippen molar-refractivity contribution in [2.75, 3.05) is 50.8 Å². The molecule has 5 nitrogen and oxygen atoms in total. The number of anilines is 1. The molecule has 1 fully saturated rings. The number of rotatable bonds is 4. The molecule has 0 unspecified atom stereocenters. The number of para-hydroxylation sites is 1. The molecule has 0 bridgehead atoms. The molecule has 5 heteroatoms. The van der Waals surface area contributed by atoms with Crippen molar-refractivity contribution < 1.29 is 14.6 Å². The molecule has 1 N–H and O–H groups in total. The summed E-state index contributed by atoms with van der Waals surface area (Å²) in [5, 5.41) is 10.7. The molecule has 0 spiro atoms. The van der Waals surface area contributed by atoms with Crippen molar-refractivity contribution in [3.63, 3.8) is 0 Å². The molecule has 2 aromatic carbocycles. The summed E-state index contributed by atoms with van der Waals surface area (Å²) in [6.07, 6.45) is 0.365. The Morgan fingerprint density at radius 1 is 0.963 bits per heavy atom. The molecule has 4 rings (SSSR count). The average Bonchev–Trinajstić information content (AvgIpc) is 2.94. The SMILES string of the molecule is Cc1ccccc1N1CCN(C[C@H](O)c2ccc3c(c2)OCCCO3)CC1. The van der Waals surface area contributed by atoms with Crippen molar-refractivity contribution >= 4 is 5.69 Å². The van der Waals surface area contributed by atoms with E-state index in [0.717, 1.165) is 49.7 Å². The summed E-state index contributed by atoms with van der Waals surface area (Å²) < 4.78 is 11.4. The Morgan fingerprint density at radius 3 is 2.48 bits per heavy atom. The molecule has 1 saturated heterocycles. The number of ether oxygens (including phenoxy) is 2. The minimum Gasteiger partial charge on any atom is -0.490 e. The van der Waals surface area contributed by atoms with Crippen LogP contribution in [0.25, 0.3) is 0 Å². The van der Waals surface area contributed by atoms with E-state index < -0.39 is 6.10 Å². The third kappa shape index (κ3) is 4.20. The van der Waals surface area contributed by atoms with Crippen LogP contribution < -0.4 is 14.4 Å². The predicted octanol–water partition coefficient (Wildman–Crippen LogP) is 3.01. The first-order valence-electron chi connectivity index (χ1n) is 9.81. The van der Waals surface area contributed by atoms with Gasteiger partial charge in [-0.05, 0) is 36.2 Å². The van der Waals surface area contributed by atoms with Gasteiger partial charge in [0.05, 0.1) is 19.3 Å². The van der Waals surface area contributed by atoms with E-state index in [1.165, 1.54) is 11.3 Å². The summed E-state index contributed by atoms with van der Waals surface area (Å²) in [6.45, 7) is 8.02. The summed E-state index contributed by atoms with van der Waals surface area (Å²) in [7, 11) is 0. The zero-order valence-electron chi connectivity index (χ0n) is 15.9. The molecule has 0 aliphatic carbocycles. The molecule has 0 saturated carbocycles. The summed E-state index contributed by atoms with van der Waals surface area (Å²) in [5.41, 5.74) is 3.53. The first-order chi connectivity index (χ1) is 13.2. The van der Waals surface area contributed by atoms with Crippen molar-refractivity contribution in [3.05, 3.63) is 53.6 Å². The van der Waals surface area contributed by atoms with Gasteiger partial charge >= 0.3 is 0 Å². The smallest absolute Gasteiger partial charge is 0.161 e. The quantitative estimate of drug-likeness (QED) is 0.899. The summed E-state index contributed by atoms with van der Waals surface area (Å²) in [4.78, 5) is 4.77. The number of nitrogens with zero attached hydrogens (tertiary/aromatic N) is 2. The number of hydrogen-bond acceptors (Lipinski definition) is 5. The van der Waals surface area contributed by atoms with Gasteiger partial charge in [-0.3, -0.25) is 4.90 Å². The van der Waals surface area contributed by atoms with E-state index in [1.54, 1.807) is 0 Å². The molecule has 0 radical (unpaired) electrons. The van der Waals surface area contributed by atoms with E-state index in [0.29, 0.717) is 19.8 Å². The third-order valence-corrected chi connectivity index (χ3v) is 5.42. The van der Waals surface area contributed by atoms with E-state index in [2.05, 4.69) is 41.0 Å². The Morgan fingerprint density at radius 2 is 1.70 bits per heavy atom. The fourth-order valence-corrected chi connectivity index (χ4v) is 3.83. The second-order valence-electron chi connectivity index (χ2n) is 7.35. The highest BCUT2D eigenvalue weighted by atomic mass is 16.5. The third-order valence-electron chi connectivity index (χ3n) is 5.42. The van der Waals surface area contributed by atoms with Crippen molar-refractivity contribution in [1.29, 1.82) is 0 Å². The molecule has 1 atom stereocenters. The van der Waals surface area contributed by atoms with Gasteiger partial charge in [0, 0.05) is 44.8 Å². The minimum absolute atomic E-state index is 0.521. The highest BCUT2D eigenvalue weighted by Crippen LogP contribution is 2.32. The monoisotopic (exact) mass is 368 g/mol. The zero-order valence-corrected chi connectivity index (χ0v) is 15.9. The summed E-state index contributed by atoms with van der Waals surface area (Å²) in [6, 6.07) is 14.3. The van der Waals surface area contributed by atoms with Gasteiger partial charge in [-0.1, -0.05) is 24.3 Å². The number of aryl methyl sites for hydroxylation is 1. The van der Waals surface area contributed by atoms with Gasteiger partial charge in [-0.2, -0.15) is 0 Å². The van der Waals surface area contributed by atoms with Gasteiger partial charge in [0.1, 0.15) is 0 Å². The molecule has 2 aliphatic heterocycles. The number of hydrogen-bond donors (Lipinski definition) is 1. The van der Waals surface area contributed by atoms with Crippen LogP contribution in [0.4, 0.5) is 5.69 Å². The lowest BCUT2D eigenvalue weighted by Gasteiger charge is -2.37. The predicted molar refractivity (Wildman–Crippen MR) is 107 cm³/mol. The number of β-amino-alcohol motifs (C(OH)–C–C–N with tert-alkyl or cyclic N) is 1. The second-order valence-corrected chi connectivity index (χ2v) is 7.35. The van der Waals surface area contributed by atoms with Crippen LogP contribution in [0.3, 0.4) is 0 Å². The van der Waals surface area contributed by atoms with Crippen LogP contribution in [0.2, 0.25) is 0 Å². The highest BCUT2D eigenvalue weighted by Gasteiger charge is 2.22. The first-order valence-corrected chi connectivity index (χ1v) is 9.81. The van der Waals surface area contributed by atoms with Gasteiger partial charge in [0.15, 0.2) is 11.5 Å². The standard InChI is InChI=1S/C22H28N2O3/c1-17-5-2-3-6-19(17)24-11-9-23(10-12-24)16-20(25)18-7-8-21-22(15-18)27-14-4-13-26-21/h2-3,5-8,15,20,25H,4,9-14,16H2,1H3/t20-/m0/s1. The minimum atomic E-state index is -0.521. The van der Waals surface area contributed by atoms with Crippen LogP contribution >= 0.6 is 0 Å². The molecule has 27 heavy (non-hydrogen) atoms. The van der Waals surface area contributed by atoms with E-state index >= 15 is 0 Å². The number of aliphatic hydroxyl groups is 1. The molecule has 0 amide bonds. The van der Waals surface area contributed by atoms with Crippen LogP contribution in [0, 0.1) is 6.92 Å². The Kier molecular flexibility index (Phi) is 5.50. The fourth-order valence-electron chi connectivity index (χ4n) is 3.83. The van der Waals surface area contributed by atoms with Gasteiger partial charge < -0.3 is 19.5 Å². The molecule has 2 heterocycles. The maximum atomic E-state index is 10.7. The van der Waals surface area contributed by atoms with E-state index in [-0.39, 0.29) is 0 Å². The lowest BCUT2D eigenvalue weighted by atomic mass is 10.1. The largest absolute Gasteiger partial charge is 0.490 e. The highest BCUT2D eigenvalue weighted by molar-refractivity contribution is 5.53. The number of piperazine rings is 1.